The Balaban J connectivity index is 1.89. The van der Waals surface area contributed by atoms with Crippen LogP contribution in [0.4, 0.5) is 5.69 Å². The first-order valence-corrected chi connectivity index (χ1v) is 7.83. The Labute approximate surface area is 146 Å². The van der Waals surface area contributed by atoms with Crippen molar-refractivity contribution in [3.8, 4) is 0 Å². The summed E-state index contributed by atoms with van der Waals surface area (Å²) >= 11 is 5.86. The molecule has 0 aromatic heterocycles. The Kier molecular flexibility index (Phi) is 6.15. The fourth-order valence-electron chi connectivity index (χ4n) is 2.02. The molecule has 124 valence electrons. The summed E-state index contributed by atoms with van der Waals surface area (Å²) in [5.41, 5.74) is 2.54. The Hall–Kier alpha value is -2.59. The number of hydrogen-bond acceptors (Lipinski definition) is 3. The summed E-state index contributed by atoms with van der Waals surface area (Å²) in [5, 5.41) is 3.16. The maximum absolute atomic E-state index is 12.0. The molecule has 5 heteroatoms. The highest BCUT2D eigenvalue weighted by atomic mass is 35.5. The Morgan fingerprint density at radius 3 is 2.62 bits per heavy atom. The van der Waals surface area contributed by atoms with E-state index in [0.717, 1.165) is 11.1 Å². The van der Waals surface area contributed by atoms with Crippen LogP contribution in [-0.4, -0.2) is 18.0 Å². The zero-order valence-corrected chi connectivity index (χ0v) is 14.2. The Morgan fingerprint density at radius 1 is 1.17 bits per heavy atom. The molecule has 1 atom stereocenters. The van der Waals surface area contributed by atoms with Gasteiger partial charge in [0, 0.05) is 16.8 Å². The number of ether oxygens (including phenoxy) is 1. The van der Waals surface area contributed by atoms with Crippen LogP contribution in [0.25, 0.3) is 6.08 Å². The van der Waals surface area contributed by atoms with Gasteiger partial charge in [-0.25, -0.2) is 4.79 Å². The van der Waals surface area contributed by atoms with E-state index < -0.39 is 18.0 Å². The largest absolute Gasteiger partial charge is 0.449 e. The van der Waals surface area contributed by atoms with Crippen molar-refractivity contribution in [2.45, 2.75) is 20.0 Å². The number of esters is 1. The number of rotatable bonds is 5. The van der Waals surface area contributed by atoms with Crippen molar-refractivity contribution in [1.82, 2.24) is 0 Å². The predicted molar refractivity (Wildman–Crippen MR) is 95.8 cm³/mol. The van der Waals surface area contributed by atoms with Gasteiger partial charge in [0.1, 0.15) is 0 Å². The van der Waals surface area contributed by atoms with Gasteiger partial charge in [-0.15, -0.1) is 0 Å². The quantitative estimate of drug-likeness (QED) is 0.652. The molecule has 0 radical (unpaired) electrons. The average Bonchev–Trinajstić information content (AvgIpc) is 2.53. The molecule has 0 saturated carbocycles. The molecule has 2 aromatic carbocycles. The molecular weight excluding hydrogens is 326 g/mol. The van der Waals surface area contributed by atoms with Crippen LogP contribution in [0.3, 0.4) is 0 Å². The van der Waals surface area contributed by atoms with Gasteiger partial charge >= 0.3 is 5.97 Å². The number of hydrogen-bond donors (Lipinski definition) is 1. The summed E-state index contributed by atoms with van der Waals surface area (Å²) < 4.78 is 5.10. The lowest BCUT2D eigenvalue weighted by Gasteiger charge is -2.12. The van der Waals surface area contributed by atoms with Gasteiger partial charge < -0.3 is 10.1 Å². The van der Waals surface area contributed by atoms with E-state index in [1.165, 1.54) is 13.0 Å². The predicted octanol–water partition coefficient (Wildman–Crippen LogP) is 4.23. The minimum atomic E-state index is -0.918. The van der Waals surface area contributed by atoms with E-state index in [4.69, 9.17) is 16.3 Å². The van der Waals surface area contributed by atoms with Crippen LogP contribution in [0.15, 0.2) is 54.6 Å². The first kappa shape index (κ1) is 17.8. The van der Waals surface area contributed by atoms with E-state index in [0.29, 0.717) is 10.7 Å². The molecule has 0 aliphatic heterocycles. The second-order valence-corrected chi connectivity index (χ2v) is 5.76. The molecule has 24 heavy (non-hydrogen) atoms. The van der Waals surface area contributed by atoms with Gasteiger partial charge in [-0.3, -0.25) is 4.79 Å². The first-order valence-electron chi connectivity index (χ1n) is 7.46. The van der Waals surface area contributed by atoms with Gasteiger partial charge in [0.2, 0.25) is 0 Å². The van der Waals surface area contributed by atoms with Gasteiger partial charge in [0.15, 0.2) is 6.10 Å². The summed E-state index contributed by atoms with van der Waals surface area (Å²) in [5.74, 6) is -1.00. The molecule has 0 saturated heterocycles. The van der Waals surface area contributed by atoms with Gasteiger partial charge in [0.25, 0.3) is 5.91 Å². The highest BCUT2D eigenvalue weighted by Gasteiger charge is 2.16. The van der Waals surface area contributed by atoms with E-state index in [-0.39, 0.29) is 0 Å². The molecule has 1 N–H and O–H groups in total. The van der Waals surface area contributed by atoms with Crippen molar-refractivity contribution in [2.24, 2.45) is 0 Å². The molecule has 0 fully saturated rings. The molecule has 4 nitrogen and oxygen atoms in total. The topological polar surface area (TPSA) is 55.4 Å². The van der Waals surface area contributed by atoms with Gasteiger partial charge in [-0.1, -0.05) is 47.5 Å². The summed E-state index contributed by atoms with van der Waals surface area (Å²) in [6.07, 6.45) is 2.04. The lowest BCUT2D eigenvalue weighted by Crippen LogP contribution is -2.29. The molecule has 1 amide bonds. The third-order valence-corrected chi connectivity index (χ3v) is 3.44. The summed E-state index contributed by atoms with van der Waals surface area (Å²) in [6.45, 7) is 3.48. The van der Waals surface area contributed by atoms with E-state index in [2.05, 4.69) is 5.32 Å². The van der Waals surface area contributed by atoms with Gasteiger partial charge in [-0.2, -0.15) is 0 Å². The minimum absolute atomic E-state index is 0.422. The zero-order valence-electron chi connectivity index (χ0n) is 13.5. The number of aryl methyl sites for hydroxylation is 1. The lowest BCUT2D eigenvalue weighted by atomic mass is 10.1. The van der Waals surface area contributed by atoms with E-state index >= 15 is 0 Å². The monoisotopic (exact) mass is 343 g/mol. The molecule has 2 rings (SSSR count). The van der Waals surface area contributed by atoms with Gasteiger partial charge in [-0.05, 0) is 43.7 Å². The van der Waals surface area contributed by atoms with Crippen LogP contribution in [0.2, 0.25) is 5.02 Å². The number of amides is 1. The molecule has 0 spiro atoms. The van der Waals surface area contributed by atoms with Gasteiger partial charge in [0.05, 0.1) is 0 Å². The molecular formula is C19H18ClNO3. The van der Waals surface area contributed by atoms with Crippen LogP contribution >= 0.6 is 11.6 Å². The number of nitrogens with one attached hydrogen (secondary N) is 1. The molecule has 0 aliphatic rings. The Morgan fingerprint density at radius 2 is 1.92 bits per heavy atom. The highest BCUT2D eigenvalue weighted by Crippen LogP contribution is 2.15. The van der Waals surface area contributed by atoms with Crippen molar-refractivity contribution in [2.75, 3.05) is 5.32 Å². The molecule has 0 unspecified atom stereocenters. The lowest BCUT2D eigenvalue weighted by molar-refractivity contribution is -0.148. The fraction of sp³-hybridized carbons (Fsp3) is 0.158. The SMILES string of the molecule is Cc1cccc(/C=C/C(=O)O[C@@H](C)C(=O)Nc2cccc(Cl)c2)c1. The number of anilines is 1. The molecule has 0 heterocycles. The normalized spacial score (nSPS) is 12.0. The number of carbonyl (C=O) groups excluding carboxylic acids is 2. The average molecular weight is 344 g/mol. The summed E-state index contributed by atoms with van der Waals surface area (Å²) in [7, 11) is 0. The first-order chi connectivity index (χ1) is 11.4. The van der Waals surface area contributed by atoms with Crippen LogP contribution in [0.5, 0.6) is 0 Å². The van der Waals surface area contributed by atoms with Crippen molar-refractivity contribution >= 4 is 35.2 Å². The fourth-order valence-corrected chi connectivity index (χ4v) is 2.21. The minimum Gasteiger partial charge on any atom is -0.449 e. The molecule has 2 aromatic rings. The summed E-state index contributed by atoms with van der Waals surface area (Å²) in [6, 6.07) is 14.4. The van der Waals surface area contributed by atoms with E-state index in [1.54, 1.807) is 30.3 Å². The van der Waals surface area contributed by atoms with Crippen molar-refractivity contribution in [3.05, 3.63) is 70.8 Å². The number of benzene rings is 2. The Bertz CT molecular complexity index is 771. The molecule has 0 aliphatic carbocycles. The maximum Gasteiger partial charge on any atom is 0.331 e. The third kappa shape index (κ3) is 5.56. The summed E-state index contributed by atoms with van der Waals surface area (Å²) in [4.78, 5) is 23.8. The molecule has 0 bridgehead atoms. The van der Waals surface area contributed by atoms with Crippen LogP contribution < -0.4 is 5.32 Å². The zero-order chi connectivity index (χ0) is 17.5. The number of carbonyl (C=O) groups is 2. The number of halogens is 1. The standard InChI is InChI=1S/C19H18ClNO3/c1-13-5-3-6-15(11-13)9-10-18(22)24-14(2)19(23)21-17-8-4-7-16(20)12-17/h3-12,14H,1-2H3,(H,21,23)/b10-9+/t14-/m0/s1. The van der Waals surface area contributed by atoms with E-state index in [9.17, 15) is 9.59 Å². The smallest absolute Gasteiger partial charge is 0.331 e. The highest BCUT2D eigenvalue weighted by molar-refractivity contribution is 6.30. The van der Waals surface area contributed by atoms with E-state index in [1.807, 2.05) is 31.2 Å². The van der Waals surface area contributed by atoms with Crippen LogP contribution in [-0.2, 0) is 14.3 Å². The van der Waals surface area contributed by atoms with Crippen LogP contribution in [0.1, 0.15) is 18.1 Å². The van der Waals surface area contributed by atoms with Crippen molar-refractivity contribution < 1.29 is 14.3 Å². The van der Waals surface area contributed by atoms with Crippen molar-refractivity contribution in [3.63, 3.8) is 0 Å². The third-order valence-electron chi connectivity index (χ3n) is 3.21. The maximum atomic E-state index is 12.0. The second kappa shape index (κ2) is 8.31. The second-order valence-electron chi connectivity index (χ2n) is 5.33. The van der Waals surface area contributed by atoms with Crippen molar-refractivity contribution in [1.29, 1.82) is 0 Å². The van der Waals surface area contributed by atoms with Crippen LogP contribution in [0, 0.1) is 6.92 Å².